The number of para-hydroxylation sites is 2. The van der Waals surface area contributed by atoms with E-state index in [0.717, 1.165) is 39.7 Å². The van der Waals surface area contributed by atoms with Gasteiger partial charge in [0.05, 0.1) is 0 Å². The van der Waals surface area contributed by atoms with Crippen LogP contribution in [0.25, 0.3) is 85.9 Å². The number of nitrogens with zero attached hydrogens (tertiary/aromatic N) is 2. The maximum atomic E-state index is 2.42. The smallest absolute Gasteiger partial charge is 0.0488 e. The summed E-state index contributed by atoms with van der Waals surface area (Å²) in [5.74, 6) is 0. The molecule has 1 aromatic heterocycles. The van der Waals surface area contributed by atoms with Gasteiger partial charge in [-0.2, -0.15) is 0 Å². The first kappa shape index (κ1) is 40.5. The highest BCUT2D eigenvalue weighted by Gasteiger charge is 2.22. The molecule has 0 saturated heterocycles. The van der Waals surface area contributed by atoms with E-state index < -0.39 is 0 Å². The van der Waals surface area contributed by atoms with Crippen LogP contribution in [0.15, 0.2) is 267 Å². The zero-order valence-corrected chi connectivity index (χ0v) is 38.5. The lowest BCUT2D eigenvalue weighted by Gasteiger charge is -2.30. The summed E-state index contributed by atoms with van der Waals surface area (Å²) in [6.45, 7) is 0. The third-order valence-electron chi connectivity index (χ3n) is 13.6. The normalized spacial score (nSPS) is 11.5. The van der Waals surface area contributed by atoms with Gasteiger partial charge in [0.25, 0.3) is 0 Å². The SMILES string of the molecule is c1ccc(N(c2ccccc2)c2cc(-c3cccc4c3sc3ccc5ccccc5c34)cc(N(c3ccc(-c4ccc5ccccc5c4)cc3)c3ccc(-c4ccc5ccccc5c4)cc3)c2)cc1. The molecular weight excluding hydrogens is 853 g/mol. The first-order valence-corrected chi connectivity index (χ1v) is 24.4. The van der Waals surface area contributed by atoms with Crippen LogP contribution in [-0.4, -0.2) is 0 Å². The monoisotopic (exact) mass is 896 g/mol. The highest BCUT2D eigenvalue weighted by atomic mass is 32.1. The third-order valence-corrected chi connectivity index (χ3v) is 14.8. The molecule has 1 heterocycles. The number of anilines is 6. The largest absolute Gasteiger partial charge is 0.310 e. The van der Waals surface area contributed by atoms with E-state index in [1.54, 1.807) is 0 Å². The summed E-state index contributed by atoms with van der Waals surface area (Å²) >= 11 is 1.88. The van der Waals surface area contributed by atoms with Crippen LogP contribution in [0.3, 0.4) is 0 Å². The van der Waals surface area contributed by atoms with E-state index in [4.69, 9.17) is 0 Å². The molecule has 0 aliphatic rings. The molecule has 0 atom stereocenters. The summed E-state index contributed by atoms with van der Waals surface area (Å²) in [6.07, 6.45) is 0. The second-order valence-electron chi connectivity index (χ2n) is 17.7. The van der Waals surface area contributed by atoms with Crippen LogP contribution in [0.5, 0.6) is 0 Å². The van der Waals surface area contributed by atoms with Crippen LogP contribution in [0.1, 0.15) is 0 Å². The number of rotatable bonds is 9. The van der Waals surface area contributed by atoms with Crippen molar-refractivity contribution < 1.29 is 0 Å². The average Bonchev–Trinajstić information content (AvgIpc) is 3.82. The second kappa shape index (κ2) is 17.2. The number of hydrogen-bond acceptors (Lipinski definition) is 3. The molecule has 0 bridgehead atoms. The third kappa shape index (κ3) is 7.47. The summed E-state index contributed by atoms with van der Waals surface area (Å²) in [4.78, 5) is 4.81. The second-order valence-corrected chi connectivity index (χ2v) is 18.8. The van der Waals surface area contributed by atoms with Gasteiger partial charge in [0.2, 0.25) is 0 Å². The molecule has 0 spiro atoms. The van der Waals surface area contributed by atoms with Gasteiger partial charge in [0.1, 0.15) is 0 Å². The Labute approximate surface area is 405 Å². The summed E-state index contributed by atoms with van der Waals surface area (Å²) < 4.78 is 2.58. The summed E-state index contributed by atoms with van der Waals surface area (Å²) in [5.41, 5.74) is 13.5. The molecule has 13 rings (SSSR count). The predicted octanol–water partition coefficient (Wildman–Crippen LogP) is 19.5. The van der Waals surface area contributed by atoms with Gasteiger partial charge in [-0.05, 0) is 151 Å². The van der Waals surface area contributed by atoms with Crippen molar-refractivity contribution in [3.8, 4) is 33.4 Å². The molecule has 324 valence electrons. The summed E-state index contributed by atoms with van der Waals surface area (Å²) in [5, 5.41) is 10.1. The maximum absolute atomic E-state index is 2.42. The van der Waals surface area contributed by atoms with Gasteiger partial charge >= 0.3 is 0 Å². The lowest BCUT2D eigenvalue weighted by atomic mass is 9.98. The minimum Gasteiger partial charge on any atom is -0.310 e. The van der Waals surface area contributed by atoms with E-state index in [1.165, 1.54) is 80.3 Å². The number of thiophene rings is 1. The zero-order valence-electron chi connectivity index (χ0n) is 37.7. The highest BCUT2D eigenvalue weighted by molar-refractivity contribution is 7.26. The Kier molecular flexibility index (Phi) is 10.1. The molecule has 0 saturated carbocycles. The van der Waals surface area contributed by atoms with E-state index in [0.29, 0.717) is 0 Å². The number of hydrogen-bond donors (Lipinski definition) is 0. The van der Waals surface area contributed by atoms with Gasteiger partial charge in [-0.25, -0.2) is 0 Å². The molecule has 3 heteroatoms. The van der Waals surface area contributed by atoms with Gasteiger partial charge in [-0.1, -0.05) is 182 Å². The molecule has 69 heavy (non-hydrogen) atoms. The number of benzene rings is 12. The van der Waals surface area contributed by atoms with Crippen molar-refractivity contribution >= 4 is 98.0 Å². The first-order valence-electron chi connectivity index (χ1n) is 23.6. The molecule has 0 unspecified atom stereocenters. The highest BCUT2D eigenvalue weighted by Crippen LogP contribution is 2.47. The molecule has 0 radical (unpaired) electrons. The quantitative estimate of drug-likeness (QED) is 0.142. The minimum atomic E-state index is 1.06. The fourth-order valence-corrected chi connectivity index (χ4v) is 11.5. The Morgan fingerprint density at radius 1 is 0.246 bits per heavy atom. The maximum Gasteiger partial charge on any atom is 0.0488 e. The Bertz CT molecular complexity index is 3850. The lowest BCUT2D eigenvalue weighted by Crippen LogP contribution is -2.13. The fourth-order valence-electron chi connectivity index (χ4n) is 10.2. The molecule has 12 aromatic carbocycles. The van der Waals surface area contributed by atoms with Crippen LogP contribution >= 0.6 is 11.3 Å². The van der Waals surface area contributed by atoms with Crippen LogP contribution in [0.4, 0.5) is 34.1 Å². The van der Waals surface area contributed by atoms with Crippen LogP contribution in [0.2, 0.25) is 0 Å². The Hall–Kier alpha value is -8.76. The molecule has 0 fully saturated rings. The Morgan fingerprint density at radius 3 is 1.23 bits per heavy atom. The standard InChI is InChI=1S/C66H44N2S/c1-3-19-55(20-4-1)67(56-21-5-2-6-22-56)59-42-54(62-24-13-25-63-65-61-23-12-11-16-49(61)34-39-64(65)69-66(62)63)43-60(44-59)68(57-35-30-47(31-36-57)52-28-26-45-14-7-9-17-50(45)40-52)58-37-32-48(33-38-58)53-29-27-46-15-8-10-18-51(46)41-53/h1-44H. The molecule has 0 aliphatic carbocycles. The van der Waals surface area contributed by atoms with Crippen molar-refractivity contribution in [2.75, 3.05) is 9.80 Å². The van der Waals surface area contributed by atoms with Crippen molar-refractivity contribution in [3.63, 3.8) is 0 Å². The van der Waals surface area contributed by atoms with E-state index in [1.807, 2.05) is 11.3 Å². The zero-order chi connectivity index (χ0) is 45.7. The molecule has 0 amide bonds. The van der Waals surface area contributed by atoms with E-state index in [9.17, 15) is 0 Å². The van der Waals surface area contributed by atoms with Crippen molar-refractivity contribution in [1.29, 1.82) is 0 Å². The molecular formula is C66H44N2S. The fraction of sp³-hybridized carbons (Fsp3) is 0. The van der Waals surface area contributed by atoms with Gasteiger partial charge in [0, 0.05) is 54.3 Å². The number of fused-ring (bicyclic) bond motifs is 7. The summed E-state index contributed by atoms with van der Waals surface area (Å²) in [7, 11) is 0. The van der Waals surface area contributed by atoms with Crippen LogP contribution in [0, 0.1) is 0 Å². The molecule has 0 N–H and O–H groups in total. The van der Waals surface area contributed by atoms with Crippen LogP contribution in [-0.2, 0) is 0 Å². The topological polar surface area (TPSA) is 6.48 Å². The minimum absolute atomic E-state index is 1.06. The van der Waals surface area contributed by atoms with Gasteiger partial charge in [-0.3, -0.25) is 0 Å². The van der Waals surface area contributed by atoms with Crippen molar-refractivity contribution in [3.05, 3.63) is 267 Å². The van der Waals surface area contributed by atoms with E-state index >= 15 is 0 Å². The Balaban J connectivity index is 1.03. The van der Waals surface area contributed by atoms with Crippen molar-refractivity contribution in [2.45, 2.75) is 0 Å². The molecule has 13 aromatic rings. The van der Waals surface area contributed by atoms with Crippen molar-refractivity contribution in [2.24, 2.45) is 0 Å². The summed E-state index contributed by atoms with van der Waals surface area (Å²) in [6, 6.07) is 97.6. The van der Waals surface area contributed by atoms with Gasteiger partial charge in [-0.15, -0.1) is 11.3 Å². The average molecular weight is 897 g/mol. The lowest BCUT2D eigenvalue weighted by molar-refractivity contribution is 1.25. The van der Waals surface area contributed by atoms with Gasteiger partial charge < -0.3 is 9.80 Å². The molecule has 2 nitrogen and oxygen atoms in total. The van der Waals surface area contributed by atoms with Gasteiger partial charge in [0.15, 0.2) is 0 Å². The first-order chi connectivity index (χ1) is 34.2. The van der Waals surface area contributed by atoms with E-state index in [2.05, 4.69) is 277 Å². The molecule has 0 aliphatic heterocycles. The van der Waals surface area contributed by atoms with Crippen LogP contribution < -0.4 is 9.80 Å². The van der Waals surface area contributed by atoms with Crippen molar-refractivity contribution in [1.82, 2.24) is 0 Å². The van der Waals surface area contributed by atoms with E-state index in [-0.39, 0.29) is 0 Å². The predicted molar refractivity (Wildman–Crippen MR) is 298 cm³/mol. The Morgan fingerprint density at radius 2 is 0.681 bits per heavy atom.